The molecule has 3 nitrogen and oxygen atoms in total. The Morgan fingerprint density at radius 3 is 2.45 bits per heavy atom. The molecule has 1 atom stereocenters. The third-order valence-electron chi connectivity index (χ3n) is 3.86. The van der Waals surface area contributed by atoms with E-state index >= 15 is 0 Å². The van der Waals surface area contributed by atoms with E-state index in [0.29, 0.717) is 44.8 Å². The van der Waals surface area contributed by atoms with Gasteiger partial charge in [0.1, 0.15) is 11.8 Å². The van der Waals surface area contributed by atoms with Crippen LogP contribution in [0.1, 0.15) is 17.2 Å². The Hall–Kier alpha value is -0.690. The summed E-state index contributed by atoms with van der Waals surface area (Å²) in [6, 6.07) is 3.35. The summed E-state index contributed by atoms with van der Waals surface area (Å²) in [4.78, 5) is 1.51. The van der Waals surface area contributed by atoms with Crippen molar-refractivity contribution < 1.29 is 17.9 Å². The van der Waals surface area contributed by atoms with Crippen molar-refractivity contribution in [3.63, 3.8) is 0 Å². The largest absolute Gasteiger partial charge is 0.493 e. The summed E-state index contributed by atoms with van der Waals surface area (Å²) in [5.41, 5.74) is 1.20. The highest BCUT2D eigenvalue weighted by Gasteiger charge is 2.45. The van der Waals surface area contributed by atoms with E-state index in [9.17, 15) is 13.2 Å². The molecule has 0 amide bonds. The van der Waals surface area contributed by atoms with E-state index in [2.05, 4.69) is 5.32 Å². The molecule has 1 fully saturated rings. The number of piperazine rings is 1. The molecule has 2 aliphatic rings. The number of halogens is 5. The maximum absolute atomic E-state index is 13.4. The number of fused-ring (bicyclic) bond motifs is 1. The molecule has 8 heteroatoms. The molecule has 0 unspecified atom stereocenters. The lowest BCUT2D eigenvalue weighted by atomic mass is 10.00. The highest BCUT2D eigenvalue weighted by Crippen LogP contribution is 2.39. The van der Waals surface area contributed by atoms with Gasteiger partial charge in [-0.1, -0.05) is 12.1 Å². The quantitative estimate of drug-likeness (QED) is 0.879. The maximum atomic E-state index is 13.4. The van der Waals surface area contributed by atoms with Crippen LogP contribution in [0.25, 0.3) is 0 Å². The lowest BCUT2D eigenvalue weighted by Gasteiger charge is -2.36. The Labute approximate surface area is 140 Å². The van der Waals surface area contributed by atoms with Crippen LogP contribution in [0.5, 0.6) is 5.75 Å². The van der Waals surface area contributed by atoms with Crippen molar-refractivity contribution in [2.24, 2.45) is 0 Å². The van der Waals surface area contributed by atoms with Crippen LogP contribution < -0.4 is 10.1 Å². The van der Waals surface area contributed by atoms with Crippen LogP contribution in [0.4, 0.5) is 13.2 Å². The van der Waals surface area contributed by atoms with Gasteiger partial charge in [0.05, 0.1) is 6.61 Å². The zero-order valence-electron chi connectivity index (χ0n) is 11.9. The molecular formula is C14H19Cl2F3N2O. The van der Waals surface area contributed by atoms with Crippen molar-refractivity contribution in [2.75, 3.05) is 32.8 Å². The average molecular weight is 359 g/mol. The van der Waals surface area contributed by atoms with Crippen LogP contribution >= 0.6 is 24.8 Å². The van der Waals surface area contributed by atoms with E-state index < -0.39 is 12.2 Å². The van der Waals surface area contributed by atoms with Gasteiger partial charge < -0.3 is 10.1 Å². The Kier molecular flexibility index (Phi) is 6.80. The van der Waals surface area contributed by atoms with E-state index in [1.54, 1.807) is 18.2 Å². The van der Waals surface area contributed by atoms with Crippen molar-refractivity contribution in [2.45, 2.75) is 18.6 Å². The molecule has 0 aliphatic carbocycles. The molecule has 1 aromatic rings. The highest BCUT2D eigenvalue weighted by atomic mass is 35.5. The second-order valence-electron chi connectivity index (χ2n) is 5.20. The number of nitrogens with one attached hydrogen (secondary N) is 1. The van der Waals surface area contributed by atoms with Crippen LogP contribution in [0.15, 0.2) is 18.2 Å². The molecule has 2 aliphatic heterocycles. The molecule has 0 bridgehead atoms. The molecule has 0 aromatic heterocycles. The first-order chi connectivity index (χ1) is 9.55. The van der Waals surface area contributed by atoms with E-state index in [4.69, 9.17) is 4.74 Å². The minimum atomic E-state index is -4.26. The summed E-state index contributed by atoms with van der Waals surface area (Å²) in [5, 5.41) is 3.09. The molecule has 1 saturated heterocycles. The lowest BCUT2D eigenvalue weighted by molar-refractivity contribution is -0.187. The van der Waals surface area contributed by atoms with Gasteiger partial charge in [-0.05, 0) is 17.2 Å². The number of rotatable bonds is 2. The second-order valence-corrected chi connectivity index (χ2v) is 5.20. The fourth-order valence-corrected chi connectivity index (χ4v) is 2.92. The minimum absolute atomic E-state index is 0. The standard InChI is InChI=1S/C14H17F3N2O.2ClH/c15-14(16,17)13(19-6-4-18-5-7-19)11-1-2-12-10(9-11)3-8-20-12;;/h1-2,9,13,18H,3-8H2;2*1H/t13-;;/m1../s1. The predicted molar refractivity (Wildman–Crippen MR) is 83.4 cm³/mol. The van der Waals surface area contributed by atoms with E-state index in [1.165, 1.54) is 4.90 Å². The van der Waals surface area contributed by atoms with Crippen LogP contribution in [-0.2, 0) is 6.42 Å². The molecule has 1 aromatic carbocycles. The second kappa shape index (κ2) is 7.73. The topological polar surface area (TPSA) is 24.5 Å². The predicted octanol–water partition coefficient (Wildman–Crippen LogP) is 2.97. The fraction of sp³-hybridized carbons (Fsp3) is 0.571. The number of hydrogen-bond donors (Lipinski definition) is 1. The van der Waals surface area contributed by atoms with Crippen molar-refractivity contribution in [1.82, 2.24) is 10.2 Å². The molecule has 0 spiro atoms. The number of nitrogens with zero attached hydrogens (tertiary/aromatic N) is 1. The van der Waals surface area contributed by atoms with Gasteiger partial charge in [-0.3, -0.25) is 4.90 Å². The first-order valence-electron chi connectivity index (χ1n) is 6.83. The average Bonchev–Trinajstić information content (AvgIpc) is 2.86. The molecular weight excluding hydrogens is 340 g/mol. The third kappa shape index (κ3) is 3.98. The van der Waals surface area contributed by atoms with Crippen molar-refractivity contribution in [3.05, 3.63) is 29.3 Å². The normalized spacial score (nSPS) is 19.4. The summed E-state index contributed by atoms with van der Waals surface area (Å²) in [5.74, 6) is 0.718. The minimum Gasteiger partial charge on any atom is -0.493 e. The molecule has 2 heterocycles. The van der Waals surface area contributed by atoms with Crippen LogP contribution in [0.3, 0.4) is 0 Å². The van der Waals surface area contributed by atoms with Gasteiger partial charge in [-0.15, -0.1) is 24.8 Å². The lowest BCUT2D eigenvalue weighted by Crippen LogP contribution is -2.49. The van der Waals surface area contributed by atoms with Crippen molar-refractivity contribution in [3.8, 4) is 5.75 Å². The van der Waals surface area contributed by atoms with Crippen LogP contribution in [0.2, 0.25) is 0 Å². The first kappa shape index (κ1) is 19.4. The number of alkyl halides is 3. The smallest absolute Gasteiger partial charge is 0.408 e. The monoisotopic (exact) mass is 358 g/mol. The van der Waals surface area contributed by atoms with Gasteiger partial charge >= 0.3 is 6.18 Å². The first-order valence-corrected chi connectivity index (χ1v) is 6.83. The summed E-state index contributed by atoms with van der Waals surface area (Å²) < 4.78 is 45.7. The molecule has 1 N–H and O–H groups in total. The fourth-order valence-electron chi connectivity index (χ4n) is 2.92. The van der Waals surface area contributed by atoms with Gasteiger partial charge in [0.2, 0.25) is 0 Å². The SMILES string of the molecule is Cl.Cl.FC(F)(F)[C@@H](c1ccc2c(c1)CCO2)N1CCNCC1. The molecule has 0 saturated carbocycles. The van der Waals surface area contributed by atoms with Gasteiger partial charge in [0.25, 0.3) is 0 Å². The third-order valence-corrected chi connectivity index (χ3v) is 3.86. The van der Waals surface area contributed by atoms with E-state index in [-0.39, 0.29) is 24.8 Å². The summed E-state index contributed by atoms with van der Waals surface area (Å²) in [6.07, 6.45) is -3.57. The number of hydrogen-bond acceptors (Lipinski definition) is 3. The maximum Gasteiger partial charge on any atom is 0.408 e. The number of benzene rings is 1. The van der Waals surface area contributed by atoms with Gasteiger partial charge in [-0.25, -0.2) is 0 Å². The van der Waals surface area contributed by atoms with Gasteiger partial charge in [0, 0.05) is 32.6 Å². The molecule has 126 valence electrons. The highest BCUT2D eigenvalue weighted by molar-refractivity contribution is 5.85. The summed E-state index contributed by atoms with van der Waals surface area (Å²) in [7, 11) is 0. The zero-order chi connectivity index (χ0) is 14.2. The molecule has 3 rings (SSSR count). The van der Waals surface area contributed by atoms with E-state index in [1.807, 2.05) is 0 Å². The number of ether oxygens (including phenoxy) is 1. The molecule has 22 heavy (non-hydrogen) atoms. The summed E-state index contributed by atoms with van der Waals surface area (Å²) in [6.45, 7) is 2.58. The Balaban J connectivity index is 0.00000121. The Bertz CT molecular complexity index is 493. The Morgan fingerprint density at radius 2 is 1.82 bits per heavy atom. The van der Waals surface area contributed by atoms with Crippen LogP contribution in [0, 0.1) is 0 Å². The van der Waals surface area contributed by atoms with Crippen LogP contribution in [-0.4, -0.2) is 43.9 Å². The van der Waals surface area contributed by atoms with Gasteiger partial charge in [-0.2, -0.15) is 13.2 Å². The zero-order valence-corrected chi connectivity index (χ0v) is 13.5. The van der Waals surface area contributed by atoms with Crippen molar-refractivity contribution in [1.29, 1.82) is 0 Å². The summed E-state index contributed by atoms with van der Waals surface area (Å²) >= 11 is 0. The molecule has 0 radical (unpaired) electrons. The van der Waals surface area contributed by atoms with Gasteiger partial charge in [0.15, 0.2) is 0 Å². The van der Waals surface area contributed by atoms with E-state index in [0.717, 1.165) is 11.3 Å². The van der Waals surface area contributed by atoms with Crippen molar-refractivity contribution >= 4 is 24.8 Å². The Morgan fingerprint density at radius 1 is 1.14 bits per heavy atom.